The van der Waals surface area contributed by atoms with Crippen molar-refractivity contribution in [3.05, 3.63) is 59.3 Å². The summed E-state index contributed by atoms with van der Waals surface area (Å²) in [6, 6.07) is 10.3. The Hall–Kier alpha value is -1.98. The van der Waals surface area contributed by atoms with Crippen molar-refractivity contribution in [2.24, 2.45) is 10.9 Å². The van der Waals surface area contributed by atoms with Gasteiger partial charge in [0.05, 0.1) is 11.1 Å². The summed E-state index contributed by atoms with van der Waals surface area (Å²) in [5, 5.41) is 0.914. The molecule has 4 nitrogen and oxygen atoms in total. The SMILES string of the molecule is CC(C)C(=O)C1=CN=C2SC(CN(C)Cc3ccccc3)C=C2C1=O. The quantitative estimate of drug-likeness (QED) is 0.736. The summed E-state index contributed by atoms with van der Waals surface area (Å²) in [5.41, 5.74) is 2.07. The van der Waals surface area contributed by atoms with Crippen molar-refractivity contribution in [3.63, 3.8) is 0 Å². The lowest BCUT2D eigenvalue weighted by Crippen LogP contribution is -2.25. The van der Waals surface area contributed by atoms with Gasteiger partial charge in [-0.05, 0) is 12.6 Å². The number of thioether (sulfide) groups is 1. The first-order valence-electron chi connectivity index (χ1n) is 8.44. The zero-order valence-electron chi connectivity index (χ0n) is 14.7. The van der Waals surface area contributed by atoms with E-state index in [0.29, 0.717) is 5.57 Å². The van der Waals surface area contributed by atoms with Crippen molar-refractivity contribution in [1.82, 2.24) is 4.90 Å². The molecule has 0 spiro atoms. The van der Waals surface area contributed by atoms with E-state index >= 15 is 0 Å². The van der Waals surface area contributed by atoms with Crippen LogP contribution in [0.4, 0.5) is 0 Å². The van der Waals surface area contributed by atoms with Crippen LogP contribution in [0.1, 0.15) is 19.4 Å². The first kappa shape index (κ1) is 17.8. The number of benzene rings is 1. The standard InChI is InChI=1S/C20H22N2O2S/c1-13(2)18(23)17-10-21-20-16(19(17)24)9-15(25-20)12-22(3)11-14-7-5-4-6-8-14/h4-10,13,15H,11-12H2,1-3H3. The predicted octanol–water partition coefficient (Wildman–Crippen LogP) is 3.25. The van der Waals surface area contributed by atoms with Gasteiger partial charge in [0.1, 0.15) is 5.04 Å². The third-order valence-corrected chi connectivity index (χ3v) is 5.36. The molecule has 1 atom stereocenters. The average molecular weight is 354 g/mol. The van der Waals surface area contributed by atoms with E-state index in [1.165, 1.54) is 11.8 Å². The number of Topliss-reactive ketones (excluding diaryl/α,β-unsaturated/α-hetero) is 2. The molecular weight excluding hydrogens is 332 g/mol. The number of nitrogens with zero attached hydrogens (tertiary/aromatic N) is 2. The third-order valence-electron chi connectivity index (χ3n) is 4.22. The normalized spacial score (nSPS) is 19.6. The second-order valence-electron chi connectivity index (χ2n) is 6.74. The van der Waals surface area contributed by atoms with E-state index in [1.807, 2.05) is 24.3 Å². The number of hydrogen-bond donors (Lipinski definition) is 0. The van der Waals surface area contributed by atoms with E-state index < -0.39 is 0 Å². The fourth-order valence-corrected chi connectivity index (χ4v) is 4.16. The molecule has 0 saturated heterocycles. The molecule has 0 aliphatic carbocycles. The van der Waals surface area contributed by atoms with Crippen LogP contribution in [0.25, 0.3) is 0 Å². The number of rotatable bonds is 6. The molecule has 0 amide bonds. The molecule has 2 aliphatic heterocycles. The molecule has 0 N–H and O–H groups in total. The molecule has 1 aromatic rings. The molecule has 3 rings (SSSR count). The van der Waals surface area contributed by atoms with Gasteiger partial charge in [0.25, 0.3) is 0 Å². The van der Waals surface area contributed by atoms with Crippen molar-refractivity contribution >= 4 is 28.4 Å². The van der Waals surface area contributed by atoms with E-state index in [9.17, 15) is 9.59 Å². The van der Waals surface area contributed by atoms with Crippen LogP contribution in [0.3, 0.4) is 0 Å². The Kier molecular flexibility index (Phi) is 5.35. The summed E-state index contributed by atoms with van der Waals surface area (Å²) < 4.78 is 0. The van der Waals surface area contributed by atoms with Crippen molar-refractivity contribution in [3.8, 4) is 0 Å². The van der Waals surface area contributed by atoms with E-state index in [-0.39, 0.29) is 28.3 Å². The third kappa shape index (κ3) is 3.99. The topological polar surface area (TPSA) is 49.7 Å². The predicted molar refractivity (Wildman–Crippen MR) is 103 cm³/mol. The summed E-state index contributed by atoms with van der Waals surface area (Å²) in [5.74, 6) is -0.512. The van der Waals surface area contributed by atoms with Gasteiger partial charge in [-0.15, -0.1) is 0 Å². The fourth-order valence-electron chi connectivity index (χ4n) is 2.94. The lowest BCUT2D eigenvalue weighted by Gasteiger charge is -2.19. The largest absolute Gasteiger partial charge is 0.301 e. The highest BCUT2D eigenvalue weighted by atomic mass is 32.2. The molecule has 0 radical (unpaired) electrons. The van der Waals surface area contributed by atoms with Gasteiger partial charge in [-0.2, -0.15) is 0 Å². The van der Waals surface area contributed by atoms with Crippen molar-refractivity contribution < 1.29 is 9.59 Å². The van der Waals surface area contributed by atoms with Crippen LogP contribution in [-0.4, -0.2) is 40.4 Å². The van der Waals surface area contributed by atoms with Crippen LogP contribution in [0, 0.1) is 5.92 Å². The Morgan fingerprint density at radius 2 is 2.00 bits per heavy atom. The second kappa shape index (κ2) is 7.50. The molecule has 2 heterocycles. The van der Waals surface area contributed by atoms with Crippen LogP contribution in [0.15, 0.2) is 58.7 Å². The highest BCUT2D eigenvalue weighted by Crippen LogP contribution is 2.34. The maximum Gasteiger partial charge on any atom is 0.200 e. The highest BCUT2D eigenvalue weighted by Gasteiger charge is 2.34. The molecular formula is C20H22N2O2S. The second-order valence-corrected chi connectivity index (χ2v) is 7.97. The Balaban J connectivity index is 1.66. The number of aliphatic imine (C=N–C) groups is 1. The summed E-state index contributed by atoms with van der Waals surface area (Å²) in [7, 11) is 2.07. The lowest BCUT2D eigenvalue weighted by molar-refractivity contribution is -0.121. The molecule has 130 valence electrons. The zero-order chi connectivity index (χ0) is 18.0. The molecule has 0 fully saturated rings. The van der Waals surface area contributed by atoms with Gasteiger partial charge in [-0.3, -0.25) is 9.59 Å². The van der Waals surface area contributed by atoms with Crippen molar-refractivity contribution in [2.45, 2.75) is 25.6 Å². The van der Waals surface area contributed by atoms with Gasteiger partial charge in [0.2, 0.25) is 5.78 Å². The maximum absolute atomic E-state index is 12.6. The highest BCUT2D eigenvalue weighted by molar-refractivity contribution is 8.15. The van der Waals surface area contributed by atoms with Gasteiger partial charge in [-0.1, -0.05) is 62.0 Å². The number of allylic oxidation sites excluding steroid dienone is 1. The molecule has 2 aliphatic rings. The van der Waals surface area contributed by atoms with E-state index in [0.717, 1.165) is 18.1 Å². The maximum atomic E-state index is 12.6. The van der Waals surface area contributed by atoms with Gasteiger partial charge < -0.3 is 4.90 Å². The monoisotopic (exact) mass is 354 g/mol. The molecule has 0 bridgehead atoms. The minimum atomic E-state index is -0.200. The average Bonchev–Trinajstić information content (AvgIpc) is 2.98. The van der Waals surface area contributed by atoms with Gasteiger partial charge >= 0.3 is 0 Å². The van der Waals surface area contributed by atoms with E-state index in [4.69, 9.17) is 0 Å². The van der Waals surface area contributed by atoms with Crippen molar-refractivity contribution in [1.29, 1.82) is 0 Å². The summed E-state index contributed by atoms with van der Waals surface area (Å²) in [4.78, 5) is 31.4. The summed E-state index contributed by atoms with van der Waals surface area (Å²) in [6.07, 6.45) is 3.41. The first-order chi connectivity index (χ1) is 12.0. The Morgan fingerprint density at radius 3 is 2.68 bits per heavy atom. The molecule has 1 aromatic carbocycles. The lowest BCUT2D eigenvalue weighted by atomic mass is 9.93. The smallest absolute Gasteiger partial charge is 0.200 e. The van der Waals surface area contributed by atoms with Gasteiger partial charge in [0, 0.05) is 30.5 Å². The minimum absolute atomic E-state index is 0.136. The first-order valence-corrected chi connectivity index (χ1v) is 9.32. The minimum Gasteiger partial charge on any atom is -0.301 e. The molecule has 25 heavy (non-hydrogen) atoms. The Morgan fingerprint density at radius 1 is 1.28 bits per heavy atom. The molecule has 0 aromatic heterocycles. The number of carbonyl (C=O) groups excluding carboxylic acids is 2. The van der Waals surface area contributed by atoms with Gasteiger partial charge in [-0.25, -0.2) is 4.99 Å². The van der Waals surface area contributed by atoms with Crippen LogP contribution in [0.2, 0.25) is 0 Å². The fraction of sp³-hybridized carbons (Fsp3) is 0.350. The molecule has 5 heteroatoms. The Labute approximate surface area is 152 Å². The number of ketones is 2. The van der Waals surface area contributed by atoms with Gasteiger partial charge in [0.15, 0.2) is 5.78 Å². The van der Waals surface area contributed by atoms with E-state index in [2.05, 4.69) is 29.1 Å². The van der Waals surface area contributed by atoms with Crippen LogP contribution < -0.4 is 0 Å². The Bertz CT molecular complexity index is 778. The number of carbonyl (C=O) groups is 2. The molecule has 1 unspecified atom stereocenters. The number of hydrogen-bond acceptors (Lipinski definition) is 5. The number of fused-ring (bicyclic) bond motifs is 1. The zero-order valence-corrected chi connectivity index (χ0v) is 15.5. The summed E-state index contributed by atoms with van der Waals surface area (Å²) >= 11 is 1.60. The summed E-state index contributed by atoms with van der Waals surface area (Å²) in [6.45, 7) is 5.28. The van der Waals surface area contributed by atoms with Crippen LogP contribution in [0.5, 0.6) is 0 Å². The van der Waals surface area contributed by atoms with Crippen molar-refractivity contribution in [2.75, 3.05) is 13.6 Å². The molecule has 0 saturated carbocycles. The van der Waals surface area contributed by atoms with Crippen LogP contribution in [-0.2, 0) is 16.1 Å². The van der Waals surface area contributed by atoms with E-state index in [1.54, 1.807) is 25.6 Å². The van der Waals surface area contributed by atoms with Crippen LogP contribution >= 0.6 is 11.8 Å².